The molecule has 0 saturated carbocycles. The summed E-state index contributed by atoms with van der Waals surface area (Å²) >= 11 is 0. The molecule has 0 aromatic heterocycles. The summed E-state index contributed by atoms with van der Waals surface area (Å²) < 4.78 is 0. The van der Waals surface area contributed by atoms with Crippen LogP contribution in [0.4, 0.5) is 0 Å². The lowest BCUT2D eigenvalue weighted by Gasteiger charge is -2.36. The van der Waals surface area contributed by atoms with Crippen LogP contribution < -0.4 is 5.32 Å². The third-order valence-electron chi connectivity index (χ3n) is 4.35. The van der Waals surface area contributed by atoms with E-state index in [0.717, 1.165) is 23.1 Å². The molecule has 0 bridgehead atoms. The molecule has 24 heavy (non-hydrogen) atoms. The molecule has 1 aliphatic heterocycles. The zero-order valence-corrected chi connectivity index (χ0v) is 13.9. The molecule has 4 heteroatoms. The van der Waals surface area contributed by atoms with E-state index in [9.17, 15) is 9.59 Å². The van der Waals surface area contributed by atoms with E-state index < -0.39 is 6.04 Å². The highest BCUT2D eigenvalue weighted by Gasteiger charge is 2.36. The van der Waals surface area contributed by atoms with E-state index >= 15 is 0 Å². The van der Waals surface area contributed by atoms with Gasteiger partial charge in [-0.3, -0.25) is 9.59 Å². The van der Waals surface area contributed by atoms with Gasteiger partial charge in [0.1, 0.15) is 6.04 Å². The second-order valence-corrected chi connectivity index (χ2v) is 6.07. The molecule has 2 aromatic carbocycles. The van der Waals surface area contributed by atoms with Gasteiger partial charge in [0.15, 0.2) is 0 Å². The average molecular weight is 322 g/mol. The minimum absolute atomic E-state index is 0.0235. The monoisotopic (exact) mass is 322 g/mol. The standard InChI is InChI=1S/C20H22N2O2/c1-2-12-22-18(23)13-16-10-6-7-11-17(16)19(22)20(24)21-14-15-8-4-3-5-9-15/h3-11,19H,2,12-14H2,1H3,(H,21,24). The molecule has 0 spiro atoms. The van der Waals surface area contributed by atoms with E-state index in [2.05, 4.69) is 5.32 Å². The summed E-state index contributed by atoms with van der Waals surface area (Å²) in [6, 6.07) is 17.0. The number of benzene rings is 2. The zero-order chi connectivity index (χ0) is 16.9. The molecule has 0 saturated heterocycles. The van der Waals surface area contributed by atoms with Crippen LogP contribution in [0.15, 0.2) is 54.6 Å². The van der Waals surface area contributed by atoms with Crippen molar-refractivity contribution in [2.24, 2.45) is 0 Å². The number of carbonyl (C=O) groups excluding carboxylic acids is 2. The Bertz CT molecular complexity index is 727. The number of carbonyl (C=O) groups is 2. The second-order valence-electron chi connectivity index (χ2n) is 6.07. The molecule has 0 aliphatic carbocycles. The summed E-state index contributed by atoms with van der Waals surface area (Å²) in [6.07, 6.45) is 1.20. The van der Waals surface area contributed by atoms with Crippen molar-refractivity contribution in [1.82, 2.24) is 10.2 Å². The van der Waals surface area contributed by atoms with Gasteiger partial charge < -0.3 is 10.2 Å². The van der Waals surface area contributed by atoms with Crippen molar-refractivity contribution in [2.75, 3.05) is 6.54 Å². The Hall–Kier alpha value is -2.62. The predicted octanol–water partition coefficient (Wildman–Crippen LogP) is 2.84. The maximum Gasteiger partial charge on any atom is 0.247 e. The lowest BCUT2D eigenvalue weighted by Crippen LogP contribution is -2.47. The fourth-order valence-corrected chi connectivity index (χ4v) is 3.20. The molecule has 124 valence electrons. The normalized spacial score (nSPS) is 16.6. The smallest absolute Gasteiger partial charge is 0.247 e. The molecule has 2 amide bonds. The molecule has 0 radical (unpaired) electrons. The van der Waals surface area contributed by atoms with Gasteiger partial charge in [-0.1, -0.05) is 61.5 Å². The largest absolute Gasteiger partial charge is 0.350 e. The molecular formula is C20H22N2O2. The zero-order valence-electron chi connectivity index (χ0n) is 13.9. The molecule has 1 atom stereocenters. The van der Waals surface area contributed by atoms with Crippen LogP contribution in [0, 0.1) is 0 Å². The first-order valence-corrected chi connectivity index (χ1v) is 8.39. The van der Waals surface area contributed by atoms with E-state index in [-0.39, 0.29) is 11.8 Å². The summed E-state index contributed by atoms with van der Waals surface area (Å²) in [7, 11) is 0. The fraction of sp³-hybridized carbons (Fsp3) is 0.300. The molecule has 1 N–H and O–H groups in total. The van der Waals surface area contributed by atoms with Crippen LogP contribution >= 0.6 is 0 Å². The third-order valence-corrected chi connectivity index (χ3v) is 4.35. The fourth-order valence-electron chi connectivity index (χ4n) is 3.20. The number of nitrogens with zero attached hydrogens (tertiary/aromatic N) is 1. The topological polar surface area (TPSA) is 49.4 Å². The summed E-state index contributed by atoms with van der Waals surface area (Å²) in [5, 5.41) is 2.99. The Kier molecular flexibility index (Phi) is 4.94. The SMILES string of the molecule is CCCN1C(=O)Cc2ccccc2C1C(=O)NCc1ccccc1. The van der Waals surface area contributed by atoms with E-state index in [1.807, 2.05) is 61.5 Å². The van der Waals surface area contributed by atoms with Crippen molar-refractivity contribution < 1.29 is 9.59 Å². The van der Waals surface area contributed by atoms with E-state index in [0.29, 0.717) is 19.5 Å². The third kappa shape index (κ3) is 3.32. The van der Waals surface area contributed by atoms with Crippen LogP contribution in [0.25, 0.3) is 0 Å². The number of nitrogens with one attached hydrogen (secondary N) is 1. The van der Waals surface area contributed by atoms with Gasteiger partial charge in [-0.15, -0.1) is 0 Å². The van der Waals surface area contributed by atoms with Gasteiger partial charge in [-0.25, -0.2) is 0 Å². The van der Waals surface area contributed by atoms with Crippen LogP contribution in [0.3, 0.4) is 0 Å². The maximum atomic E-state index is 12.9. The molecule has 4 nitrogen and oxygen atoms in total. The number of rotatable bonds is 5. The van der Waals surface area contributed by atoms with Crippen LogP contribution in [0.2, 0.25) is 0 Å². The molecule has 2 aromatic rings. The van der Waals surface area contributed by atoms with E-state index in [4.69, 9.17) is 0 Å². The Labute approximate surface area is 142 Å². The summed E-state index contributed by atoms with van der Waals surface area (Å²) in [6.45, 7) is 3.08. The molecule has 1 heterocycles. The lowest BCUT2D eigenvalue weighted by atomic mass is 9.91. The van der Waals surface area contributed by atoms with Crippen LogP contribution in [0.1, 0.15) is 36.1 Å². The van der Waals surface area contributed by atoms with Crippen molar-refractivity contribution in [3.63, 3.8) is 0 Å². The molecule has 1 unspecified atom stereocenters. The Balaban J connectivity index is 1.84. The molecule has 1 aliphatic rings. The van der Waals surface area contributed by atoms with Gasteiger partial charge in [0.05, 0.1) is 6.42 Å². The van der Waals surface area contributed by atoms with E-state index in [1.54, 1.807) is 4.90 Å². The van der Waals surface area contributed by atoms with Crippen LogP contribution in [0.5, 0.6) is 0 Å². The highest BCUT2D eigenvalue weighted by Crippen LogP contribution is 2.30. The maximum absolute atomic E-state index is 12.9. The second kappa shape index (κ2) is 7.30. The molecular weight excluding hydrogens is 300 g/mol. The Morgan fingerprint density at radius 2 is 1.83 bits per heavy atom. The highest BCUT2D eigenvalue weighted by molar-refractivity contribution is 5.92. The Morgan fingerprint density at radius 3 is 2.58 bits per heavy atom. The number of amides is 2. The predicted molar refractivity (Wildman–Crippen MR) is 93.2 cm³/mol. The first-order valence-electron chi connectivity index (χ1n) is 8.39. The van der Waals surface area contributed by atoms with Crippen molar-refractivity contribution in [3.8, 4) is 0 Å². The van der Waals surface area contributed by atoms with Crippen LogP contribution in [-0.4, -0.2) is 23.3 Å². The van der Waals surface area contributed by atoms with Gasteiger partial charge in [-0.2, -0.15) is 0 Å². The molecule has 3 rings (SSSR count). The highest BCUT2D eigenvalue weighted by atomic mass is 16.2. The lowest BCUT2D eigenvalue weighted by molar-refractivity contribution is -0.141. The Morgan fingerprint density at radius 1 is 1.12 bits per heavy atom. The van der Waals surface area contributed by atoms with Gasteiger partial charge >= 0.3 is 0 Å². The summed E-state index contributed by atoms with van der Waals surface area (Å²) in [5.74, 6) is -0.0942. The quantitative estimate of drug-likeness (QED) is 0.920. The average Bonchev–Trinajstić information content (AvgIpc) is 2.61. The number of hydrogen-bond acceptors (Lipinski definition) is 2. The first kappa shape index (κ1) is 16.2. The summed E-state index contributed by atoms with van der Waals surface area (Å²) in [5.41, 5.74) is 2.94. The molecule has 0 fully saturated rings. The van der Waals surface area contributed by atoms with Gasteiger partial charge in [-0.05, 0) is 23.1 Å². The first-order chi connectivity index (χ1) is 11.7. The minimum Gasteiger partial charge on any atom is -0.350 e. The minimum atomic E-state index is -0.536. The number of fused-ring (bicyclic) bond motifs is 1. The van der Waals surface area contributed by atoms with Gasteiger partial charge in [0.25, 0.3) is 0 Å². The number of hydrogen-bond donors (Lipinski definition) is 1. The van der Waals surface area contributed by atoms with Crippen molar-refractivity contribution >= 4 is 11.8 Å². The van der Waals surface area contributed by atoms with Crippen LogP contribution in [-0.2, 0) is 22.6 Å². The van der Waals surface area contributed by atoms with Crippen molar-refractivity contribution in [3.05, 3.63) is 71.3 Å². The van der Waals surface area contributed by atoms with Crippen molar-refractivity contribution in [2.45, 2.75) is 32.4 Å². The van der Waals surface area contributed by atoms with Gasteiger partial charge in [0.2, 0.25) is 11.8 Å². The summed E-state index contributed by atoms with van der Waals surface area (Å²) in [4.78, 5) is 27.1. The van der Waals surface area contributed by atoms with Gasteiger partial charge in [0, 0.05) is 13.1 Å². The van der Waals surface area contributed by atoms with Crippen molar-refractivity contribution in [1.29, 1.82) is 0 Å². The van der Waals surface area contributed by atoms with E-state index in [1.165, 1.54) is 0 Å².